The maximum Gasteiger partial charge on any atom is 0.573 e. The molecule has 11 nitrogen and oxygen atoms in total. The number of nitrogens with zero attached hydrogens (tertiary/aromatic N) is 2. The summed E-state index contributed by atoms with van der Waals surface area (Å²) in [6, 6.07) is 9.45. The Labute approximate surface area is 245 Å². The number of alkyl carbamates (subject to hydrolysis) is 1. The molecule has 0 aliphatic carbocycles. The van der Waals surface area contributed by atoms with Crippen molar-refractivity contribution in [3.63, 3.8) is 0 Å². The summed E-state index contributed by atoms with van der Waals surface area (Å²) < 4.78 is 59.7. The van der Waals surface area contributed by atoms with E-state index in [-0.39, 0.29) is 29.6 Å². The first kappa shape index (κ1) is 30.2. The monoisotopic (exact) mass is 603 g/mol. The molecule has 2 atom stereocenters. The van der Waals surface area contributed by atoms with E-state index in [1.165, 1.54) is 19.2 Å². The van der Waals surface area contributed by atoms with Crippen LogP contribution in [-0.2, 0) is 19.0 Å². The summed E-state index contributed by atoms with van der Waals surface area (Å²) in [5.74, 6) is -1.47. The third-order valence-electron chi connectivity index (χ3n) is 7.42. The predicted molar refractivity (Wildman–Crippen MR) is 148 cm³/mol. The van der Waals surface area contributed by atoms with E-state index in [0.717, 1.165) is 6.07 Å². The number of hydrogen-bond donors (Lipinski definition) is 3. The minimum absolute atomic E-state index is 0.138. The molecule has 0 radical (unpaired) electrons. The number of halogens is 3. The van der Waals surface area contributed by atoms with E-state index >= 15 is 0 Å². The smallest absolute Gasteiger partial charge is 0.453 e. The average Bonchev–Trinajstić information content (AvgIpc) is 3.71. The highest BCUT2D eigenvalue weighted by Crippen LogP contribution is 2.43. The highest BCUT2D eigenvalue weighted by atomic mass is 19.4. The Balaban J connectivity index is 1.41. The van der Waals surface area contributed by atoms with E-state index in [4.69, 9.17) is 24.9 Å². The Bertz CT molecular complexity index is 1470. The number of anilines is 1. The van der Waals surface area contributed by atoms with Gasteiger partial charge in [-0.3, -0.25) is 4.79 Å². The lowest BCUT2D eigenvalue weighted by atomic mass is 10.0. The highest BCUT2D eigenvalue weighted by molar-refractivity contribution is 5.86. The van der Waals surface area contributed by atoms with Crippen molar-refractivity contribution in [3.05, 3.63) is 54.5 Å². The van der Waals surface area contributed by atoms with Crippen molar-refractivity contribution < 1.29 is 41.7 Å². The van der Waals surface area contributed by atoms with Crippen molar-refractivity contribution in [2.45, 2.75) is 44.5 Å². The summed E-state index contributed by atoms with van der Waals surface area (Å²) in [4.78, 5) is 35.2. The van der Waals surface area contributed by atoms with Gasteiger partial charge in [-0.1, -0.05) is 38.1 Å². The number of amides is 2. The molecule has 1 unspecified atom stereocenters. The van der Waals surface area contributed by atoms with Crippen LogP contribution < -0.4 is 15.8 Å². The van der Waals surface area contributed by atoms with Gasteiger partial charge in [0.15, 0.2) is 5.79 Å². The van der Waals surface area contributed by atoms with Crippen LogP contribution in [0, 0.1) is 5.92 Å². The van der Waals surface area contributed by atoms with Gasteiger partial charge in [-0.25, -0.2) is 9.78 Å². The Morgan fingerprint density at radius 2 is 1.81 bits per heavy atom. The molecule has 1 aromatic heterocycles. The van der Waals surface area contributed by atoms with Crippen molar-refractivity contribution in [2.75, 3.05) is 32.6 Å². The number of carbonyl (C=O) groups excluding carboxylic acids is 2. The van der Waals surface area contributed by atoms with Gasteiger partial charge in [0, 0.05) is 35.5 Å². The lowest BCUT2D eigenvalue weighted by Crippen LogP contribution is -2.52. The van der Waals surface area contributed by atoms with E-state index in [2.05, 4.69) is 15.0 Å². The Morgan fingerprint density at radius 3 is 2.44 bits per heavy atom. The molecule has 43 heavy (non-hydrogen) atoms. The standard InChI is InChI=1S/C29H32F3N5O6/c1-16(2)24(36-27(39)40-3)26(38)37-15-28(41-10-11-42-28)13-22(37)25-34-14-21(35-25)18-6-4-17(5-7-18)20-9-8-19(33)12-23(20)43-29(30,31)32/h4-9,12,14,16,22,24H,10-11,13,15,33H2,1-3H3,(H,34,35)(H,36,39)/t22-,24?/m0/s1. The summed E-state index contributed by atoms with van der Waals surface area (Å²) in [6.07, 6.45) is -3.58. The number of aromatic amines is 1. The summed E-state index contributed by atoms with van der Waals surface area (Å²) in [6.45, 7) is 4.57. The van der Waals surface area contributed by atoms with Gasteiger partial charge >= 0.3 is 12.5 Å². The number of nitrogen functional groups attached to an aromatic ring is 1. The maximum absolute atomic E-state index is 13.8. The minimum Gasteiger partial charge on any atom is -0.453 e. The van der Waals surface area contributed by atoms with E-state index in [0.29, 0.717) is 42.3 Å². The molecule has 14 heteroatoms. The molecule has 5 rings (SSSR count). The Hall–Kier alpha value is -4.30. The summed E-state index contributed by atoms with van der Waals surface area (Å²) in [7, 11) is 1.23. The minimum atomic E-state index is -4.87. The third-order valence-corrected chi connectivity index (χ3v) is 7.42. The van der Waals surface area contributed by atoms with Crippen LogP contribution in [0.15, 0.2) is 48.7 Å². The molecule has 0 saturated carbocycles. The molecule has 3 aromatic rings. The van der Waals surface area contributed by atoms with Crippen molar-refractivity contribution in [1.29, 1.82) is 0 Å². The highest BCUT2D eigenvalue weighted by Gasteiger charge is 2.52. The summed E-state index contributed by atoms with van der Waals surface area (Å²) >= 11 is 0. The summed E-state index contributed by atoms with van der Waals surface area (Å²) in [5, 5.41) is 2.62. The molecule has 2 saturated heterocycles. The van der Waals surface area contributed by atoms with Crippen molar-refractivity contribution >= 4 is 17.7 Å². The number of H-pyrrole nitrogens is 1. The molecule has 2 aromatic carbocycles. The van der Waals surface area contributed by atoms with Crippen LogP contribution in [-0.4, -0.2) is 71.9 Å². The SMILES string of the molecule is COC(=O)NC(C(=O)N1CC2(C[C@H]1c1nc(-c3ccc(-c4ccc(N)cc4OC(F)(F)F)cc3)c[nH]1)OCCO2)C(C)C. The topological polar surface area (TPSA) is 141 Å². The number of aromatic nitrogens is 2. The zero-order valence-electron chi connectivity index (χ0n) is 23.7. The molecule has 4 N–H and O–H groups in total. The van der Waals surface area contributed by atoms with Crippen LogP contribution in [0.25, 0.3) is 22.4 Å². The van der Waals surface area contributed by atoms with Gasteiger partial charge in [-0.2, -0.15) is 0 Å². The summed E-state index contributed by atoms with van der Waals surface area (Å²) in [5.41, 5.74) is 7.77. The molecule has 230 valence electrons. The fourth-order valence-corrected chi connectivity index (χ4v) is 5.36. The second-order valence-electron chi connectivity index (χ2n) is 10.7. The molecule has 2 fully saturated rings. The van der Waals surface area contributed by atoms with E-state index in [1.54, 1.807) is 35.4 Å². The molecular weight excluding hydrogens is 571 g/mol. The number of nitrogens with one attached hydrogen (secondary N) is 2. The number of nitrogens with two attached hydrogens (primary N) is 1. The van der Waals surface area contributed by atoms with Crippen LogP contribution in [0.2, 0.25) is 0 Å². The van der Waals surface area contributed by atoms with Gasteiger partial charge < -0.3 is 39.9 Å². The lowest BCUT2D eigenvalue weighted by molar-refractivity contribution is -0.274. The normalized spacial score (nSPS) is 18.7. The first-order valence-corrected chi connectivity index (χ1v) is 13.6. The van der Waals surface area contributed by atoms with Crippen LogP contribution in [0.3, 0.4) is 0 Å². The first-order chi connectivity index (χ1) is 20.4. The Kier molecular flexibility index (Phi) is 8.25. The number of likely N-dealkylation sites (tertiary alicyclic amines) is 1. The van der Waals surface area contributed by atoms with Crippen molar-refractivity contribution in [1.82, 2.24) is 20.2 Å². The second-order valence-corrected chi connectivity index (χ2v) is 10.7. The van der Waals surface area contributed by atoms with Gasteiger partial charge in [0.2, 0.25) is 5.91 Å². The number of alkyl halides is 3. The largest absolute Gasteiger partial charge is 0.573 e. The van der Waals surface area contributed by atoms with E-state index in [1.807, 2.05) is 13.8 Å². The molecule has 2 aliphatic rings. The van der Waals surface area contributed by atoms with Crippen LogP contribution in [0.5, 0.6) is 5.75 Å². The van der Waals surface area contributed by atoms with Gasteiger partial charge in [0.1, 0.15) is 17.6 Å². The quantitative estimate of drug-likeness (QED) is 0.332. The molecule has 2 amide bonds. The van der Waals surface area contributed by atoms with Gasteiger partial charge in [0.05, 0.1) is 38.6 Å². The lowest BCUT2D eigenvalue weighted by Gasteiger charge is -2.30. The van der Waals surface area contributed by atoms with Crippen molar-refractivity contribution in [3.8, 4) is 28.1 Å². The number of hydrogen-bond acceptors (Lipinski definition) is 8. The zero-order chi connectivity index (χ0) is 30.9. The molecule has 3 heterocycles. The zero-order valence-corrected chi connectivity index (χ0v) is 23.7. The fourth-order valence-electron chi connectivity index (χ4n) is 5.36. The molecule has 1 spiro atoms. The van der Waals surface area contributed by atoms with Gasteiger partial charge in [-0.15, -0.1) is 13.2 Å². The average molecular weight is 604 g/mol. The molecule has 2 aliphatic heterocycles. The predicted octanol–water partition coefficient (Wildman–Crippen LogP) is 4.62. The number of carbonyl (C=O) groups is 2. The second kappa shape index (κ2) is 11.8. The number of benzene rings is 2. The Morgan fingerprint density at radius 1 is 1.14 bits per heavy atom. The number of ether oxygens (including phenoxy) is 4. The number of rotatable bonds is 7. The van der Waals surface area contributed by atoms with Gasteiger partial charge in [0.25, 0.3) is 0 Å². The molecular formula is C29H32F3N5O6. The molecule has 0 bridgehead atoms. The van der Waals surface area contributed by atoms with E-state index in [9.17, 15) is 22.8 Å². The van der Waals surface area contributed by atoms with Crippen LogP contribution >= 0.6 is 0 Å². The van der Waals surface area contributed by atoms with Crippen LogP contribution in [0.1, 0.15) is 32.1 Å². The maximum atomic E-state index is 13.8. The van der Waals surface area contributed by atoms with Crippen molar-refractivity contribution in [2.24, 2.45) is 5.92 Å². The number of methoxy groups -OCH3 is 1. The number of imidazole rings is 1. The van der Waals surface area contributed by atoms with E-state index < -0.39 is 36.1 Å². The first-order valence-electron chi connectivity index (χ1n) is 13.6. The van der Waals surface area contributed by atoms with Gasteiger partial charge in [-0.05, 0) is 23.6 Å². The third kappa shape index (κ3) is 6.54. The fraction of sp³-hybridized carbons (Fsp3) is 0.414. The van der Waals surface area contributed by atoms with Crippen LogP contribution in [0.4, 0.5) is 23.7 Å².